The third kappa shape index (κ3) is 2.94. The molecule has 6 heteroatoms. The van der Waals surface area contributed by atoms with Gasteiger partial charge in [0.15, 0.2) is 11.5 Å². The van der Waals surface area contributed by atoms with Crippen molar-refractivity contribution in [3.8, 4) is 11.5 Å². The fourth-order valence-electron chi connectivity index (χ4n) is 3.02. The number of hydrogen-bond donors (Lipinski definition) is 1. The van der Waals surface area contributed by atoms with Gasteiger partial charge < -0.3 is 19.7 Å². The zero-order chi connectivity index (χ0) is 16.5. The molecule has 2 heterocycles. The van der Waals surface area contributed by atoms with E-state index in [1.807, 2.05) is 23.1 Å². The van der Waals surface area contributed by atoms with Gasteiger partial charge in [-0.05, 0) is 33.5 Å². The molecule has 0 spiro atoms. The van der Waals surface area contributed by atoms with Gasteiger partial charge in [-0.25, -0.2) is 4.79 Å². The van der Waals surface area contributed by atoms with Gasteiger partial charge in [0.2, 0.25) is 0 Å². The maximum atomic E-state index is 12.6. The van der Waals surface area contributed by atoms with E-state index < -0.39 is 0 Å². The van der Waals surface area contributed by atoms with Crippen molar-refractivity contribution in [2.75, 3.05) is 25.1 Å². The molecule has 2 aromatic rings. The third-order valence-corrected chi connectivity index (χ3v) is 4.95. The summed E-state index contributed by atoms with van der Waals surface area (Å²) in [5.41, 5.74) is 3.21. The molecule has 2 aromatic carbocycles. The average Bonchev–Trinajstić information content (AvgIpc) is 2.62. The van der Waals surface area contributed by atoms with Gasteiger partial charge >= 0.3 is 6.03 Å². The number of urea groups is 1. The Morgan fingerprint density at radius 1 is 1.08 bits per heavy atom. The number of ether oxygens (including phenoxy) is 2. The van der Waals surface area contributed by atoms with Crippen molar-refractivity contribution >= 4 is 27.6 Å². The average molecular weight is 389 g/mol. The molecule has 24 heavy (non-hydrogen) atoms. The highest BCUT2D eigenvalue weighted by Crippen LogP contribution is 2.38. The minimum Gasteiger partial charge on any atom is -0.486 e. The van der Waals surface area contributed by atoms with E-state index in [0.29, 0.717) is 43.5 Å². The van der Waals surface area contributed by atoms with Crippen LogP contribution in [-0.2, 0) is 13.0 Å². The van der Waals surface area contributed by atoms with Gasteiger partial charge in [0.1, 0.15) is 13.2 Å². The molecular weight excluding hydrogens is 372 g/mol. The summed E-state index contributed by atoms with van der Waals surface area (Å²) < 4.78 is 11.9. The van der Waals surface area contributed by atoms with Crippen LogP contribution in [0.15, 0.2) is 40.9 Å². The van der Waals surface area contributed by atoms with Crippen molar-refractivity contribution < 1.29 is 14.3 Å². The van der Waals surface area contributed by atoms with Gasteiger partial charge in [-0.3, -0.25) is 0 Å². The third-order valence-electron chi connectivity index (χ3n) is 4.29. The van der Waals surface area contributed by atoms with Crippen molar-refractivity contribution in [2.24, 2.45) is 0 Å². The van der Waals surface area contributed by atoms with Crippen LogP contribution in [0, 0.1) is 0 Å². The molecule has 0 aliphatic carbocycles. The van der Waals surface area contributed by atoms with Crippen molar-refractivity contribution in [3.63, 3.8) is 0 Å². The van der Waals surface area contributed by atoms with E-state index in [2.05, 4.69) is 33.4 Å². The first-order valence-electron chi connectivity index (χ1n) is 7.92. The van der Waals surface area contributed by atoms with Gasteiger partial charge in [0.25, 0.3) is 0 Å². The summed E-state index contributed by atoms with van der Waals surface area (Å²) in [5, 5.41) is 2.97. The highest BCUT2D eigenvalue weighted by atomic mass is 79.9. The zero-order valence-corrected chi connectivity index (χ0v) is 14.6. The van der Waals surface area contributed by atoms with Crippen LogP contribution in [0.4, 0.5) is 10.5 Å². The fourth-order valence-corrected chi connectivity index (χ4v) is 3.44. The molecule has 0 bridgehead atoms. The van der Waals surface area contributed by atoms with Gasteiger partial charge in [-0.15, -0.1) is 0 Å². The zero-order valence-electron chi connectivity index (χ0n) is 13.0. The lowest BCUT2D eigenvalue weighted by atomic mass is 10.0. The number of benzene rings is 2. The van der Waals surface area contributed by atoms with Crippen LogP contribution >= 0.6 is 15.9 Å². The van der Waals surface area contributed by atoms with Crippen molar-refractivity contribution in [1.29, 1.82) is 0 Å². The number of hydrogen-bond acceptors (Lipinski definition) is 3. The van der Waals surface area contributed by atoms with Crippen LogP contribution in [0.25, 0.3) is 0 Å². The largest absolute Gasteiger partial charge is 0.486 e. The number of nitrogens with zero attached hydrogens (tertiary/aromatic N) is 1. The van der Waals surface area contributed by atoms with E-state index in [0.717, 1.165) is 10.9 Å². The monoisotopic (exact) mass is 388 g/mol. The Hall–Kier alpha value is -2.21. The number of anilines is 1. The predicted molar refractivity (Wildman–Crippen MR) is 94.7 cm³/mol. The number of fused-ring (bicyclic) bond motifs is 2. The predicted octanol–water partition coefficient (Wildman–Crippen LogP) is 3.81. The maximum Gasteiger partial charge on any atom is 0.322 e. The molecular formula is C18H17BrN2O3. The molecule has 2 aliphatic rings. The molecule has 2 aliphatic heterocycles. The topological polar surface area (TPSA) is 50.8 Å². The summed E-state index contributed by atoms with van der Waals surface area (Å²) in [7, 11) is 0. The number of carbonyl (C=O) groups is 1. The Morgan fingerprint density at radius 3 is 2.58 bits per heavy atom. The van der Waals surface area contributed by atoms with Gasteiger partial charge in [0, 0.05) is 29.7 Å². The fraction of sp³-hybridized carbons (Fsp3) is 0.278. The summed E-state index contributed by atoms with van der Waals surface area (Å²) in [4.78, 5) is 14.4. The summed E-state index contributed by atoms with van der Waals surface area (Å²) in [6.45, 7) is 2.40. The second-order valence-corrected chi connectivity index (χ2v) is 6.70. The van der Waals surface area contributed by atoms with E-state index in [9.17, 15) is 4.79 Å². The molecule has 0 saturated carbocycles. The minimum atomic E-state index is -0.109. The molecule has 0 saturated heterocycles. The highest BCUT2D eigenvalue weighted by Gasteiger charge is 2.22. The Morgan fingerprint density at radius 2 is 1.79 bits per heavy atom. The number of carbonyl (C=O) groups excluding carboxylic acids is 1. The molecule has 4 rings (SSSR count). The Bertz CT molecular complexity index is 794. The van der Waals surface area contributed by atoms with Gasteiger partial charge in [0.05, 0.1) is 5.69 Å². The lowest BCUT2D eigenvalue weighted by molar-refractivity contribution is 0.171. The van der Waals surface area contributed by atoms with E-state index in [-0.39, 0.29) is 6.03 Å². The highest BCUT2D eigenvalue weighted by molar-refractivity contribution is 9.10. The second kappa shape index (κ2) is 6.36. The second-order valence-electron chi connectivity index (χ2n) is 5.85. The first-order chi connectivity index (χ1) is 11.7. The first-order valence-corrected chi connectivity index (χ1v) is 8.72. The van der Waals surface area contributed by atoms with E-state index >= 15 is 0 Å². The quantitative estimate of drug-likeness (QED) is 0.807. The van der Waals surface area contributed by atoms with Crippen LogP contribution in [0.3, 0.4) is 0 Å². The maximum absolute atomic E-state index is 12.6. The van der Waals surface area contributed by atoms with Crippen molar-refractivity contribution in [2.45, 2.75) is 13.0 Å². The summed E-state index contributed by atoms with van der Waals surface area (Å²) in [6.07, 6.45) is 0.881. The number of nitrogens with one attached hydrogen (secondary N) is 1. The molecule has 2 amide bonds. The smallest absolute Gasteiger partial charge is 0.322 e. The Balaban J connectivity index is 1.51. The van der Waals surface area contributed by atoms with Gasteiger partial charge in [-0.1, -0.05) is 24.3 Å². The molecule has 1 N–H and O–H groups in total. The normalized spacial score (nSPS) is 15.6. The van der Waals surface area contributed by atoms with E-state index in [4.69, 9.17) is 9.47 Å². The van der Waals surface area contributed by atoms with Crippen LogP contribution in [-0.4, -0.2) is 30.7 Å². The van der Waals surface area contributed by atoms with Crippen LogP contribution in [0.5, 0.6) is 11.5 Å². The summed E-state index contributed by atoms with van der Waals surface area (Å²) in [5.74, 6) is 1.35. The number of halogens is 1. The van der Waals surface area contributed by atoms with Gasteiger partial charge in [-0.2, -0.15) is 0 Å². The minimum absolute atomic E-state index is 0.109. The molecule has 0 unspecified atom stereocenters. The SMILES string of the molecule is O=C(Nc1cc2c(cc1Br)OCCO2)N1CCc2ccccc2C1. The number of rotatable bonds is 1. The molecule has 124 valence electrons. The number of amides is 2. The summed E-state index contributed by atoms with van der Waals surface area (Å²) >= 11 is 3.48. The van der Waals surface area contributed by atoms with Crippen LogP contribution in [0.1, 0.15) is 11.1 Å². The Kier molecular flexibility index (Phi) is 4.06. The Labute approximate surface area is 148 Å². The molecule has 0 atom stereocenters. The van der Waals surface area contributed by atoms with Crippen LogP contribution < -0.4 is 14.8 Å². The summed E-state index contributed by atoms with van der Waals surface area (Å²) in [6, 6.07) is 11.8. The van der Waals surface area contributed by atoms with E-state index in [1.54, 1.807) is 6.07 Å². The lowest BCUT2D eigenvalue weighted by Crippen LogP contribution is -2.38. The lowest BCUT2D eigenvalue weighted by Gasteiger charge is -2.29. The van der Waals surface area contributed by atoms with Crippen molar-refractivity contribution in [3.05, 3.63) is 52.0 Å². The first kappa shape index (κ1) is 15.3. The molecule has 5 nitrogen and oxygen atoms in total. The molecule has 0 aromatic heterocycles. The van der Waals surface area contributed by atoms with Crippen molar-refractivity contribution in [1.82, 2.24) is 4.90 Å². The standard InChI is InChI=1S/C18H17BrN2O3/c19-14-9-16-17(24-8-7-23-16)10-15(14)20-18(22)21-6-5-12-3-1-2-4-13(12)11-21/h1-4,9-10H,5-8,11H2,(H,20,22). The molecule has 0 fully saturated rings. The van der Waals surface area contributed by atoms with E-state index in [1.165, 1.54) is 11.1 Å². The van der Waals surface area contributed by atoms with Crippen LogP contribution in [0.2, 0.25) is 0 Å². The molecule has 0 radical (unpaired) electrons.